The molecule has 0 aliphatic carbocycles. The Morgan fingerprint density at radius 3 is 2.09 bits per heavy atom. The molecule has 1 atom stereocenters. The van der Waals surface area contributed by atoms with Crippen molar-refractivity contribution in [1.82, 2.24) is 0 Å². The van der Waals surface area contributed by atoms with Gasteiger partial charge in [-0.3, -0.25) is 29.4 Å². The van der Waals surface area contributed by atoms with E-state index in [0.29, 0.717) is 16.8 Å². The summed E-state index contributed by atoms with van der Waals surface area (Å²) in [5.74, 6) is -3.21. The van der Waals surface area contributed by atoms with Crippen LogP contribution in [0.2, 0.25) is 0 Å². The molecule has 34 heavy (non-hydrogen) atoms. The van der Waals surface area contributed by atoms with E-state index in [-0.39, 0.29) is 23.2 Å². The second-order valence-corrected chi connectivity index (χ2v) is 7.62. The number of carbonyl (C=O) groups is 3. The van der Waals surface area contributed by atoms with Crippen molar-refractivity contribution in [3.8, 4) is 0 Å². The molecule has 1 heterocycles. The SMILES string of the molecule is O=C(O)Cc1ccc(N2C(=O)C(=O)/C(=C(\O)c3ccc([N+](=O)[O-])cc3)C2c2ccccc2)cc1. The van der Waals surface area contributed by atoms with Crippen molar-refractivity contribution in [2.45, 2.75) is 12.5 Å². The molecule has 1 fully saturated rings. The quantitative estimate of drug-likeness (QED) is 0.188. The lowest BCUT2D eigenvalue weighted by atomic mass is 9.95. The molecule has 170 valence electrons. The first-order valence-corrected chi connectivity index (χ1v) is 10.2. The average molecular weight is 458 g/mol. The number of non-ortho nitro benzene ring substituents is 1. The maximum atomic E-state index is 13.1. The van der Waals surface area contributed by atoms with Gasteiger partial charge in [0, 0.05) is 23.4 Å². The van der Waals surface area contributed by atoms with Gasteiger partial charge < -0.3 is 10.2 Å². The van der Waals surface area contributed by atoms with Gasteiger partial charge in [-0.15, -0.1) is 0 Å². The molecule has 1 aliphatic rings. The van der Waals surface area contributed by atoms with Crippen molar-refractivity contribution in [2.75, 3.05) is 4.90 Å². The maximum absolute atomic E-state index is 13.1. The first-order chi connectivity index (χ1) is 16.3. The summed E-state index contributed by atoms with van der Waals surface area (Å²) in [6.45, 7) is 0. The van der Waals surface area contributed by atoms with Crippen LogP contribution < -0.4 is 4.90 Å². The van der Waals surface area contributed by atoms with Crippen LogP contribution in [0.25, 0.3) is 5.76 Å². The second kappa shape index (κ2) is 8.99. The number of benzene rings is 3. The number of nitrogens with zero attached hydrogens (tertiary/aromatic N) is 2. The van der Waals surface area contributed by atoms with Crippen molar-refractivity contribution in [3.05, 3.63) is 111 Å². The third-order valence-electron chi connectivity index (χ3n) is 5.48. The first-order valence-electron chi connectivity index (χ1n) is 10.2. The number of carboxylic acid groups (broad SMARTS) is 1. The summed E-state index contributed by atoms with van der Waals surface area (Å²) in [5.41, 5.74) is 1.27. The summed E-state index contributed by atoms with van der Waals surface area (Å²) in [6, 6.07) is 18.9. The molecule has 3 aromatic carbocycles. The minimum absolute atomic E-state index is 0.153. The van der Waals surface area contributed by atoms with Gasteiger partial charge in [0.15, 0.2) is 0 Å². The number of Topliss-reactive ketones (excluding diaryl/α,β-unsaturated/α-hetero) is 1. The van der Waals surface area contributed by atoms with Crippen molar-refractivity contribution in [1.29, 1.82) is 0 Å². The van der Waals surface area contributed by atoms with Gasteiger partial charge in [-0.1, -0.05) is 42.5 Å². The summed E-state index contributed by atoms with van der Waals surface area (Å²) in [7, 11) is 0. The van der Waals surface area contributed by atoms with Gasteiger partial charge >= 0.3 is 5.97 Å². The van der Waals surface area contributed by atoms with E-state index >= 15 is 0 Å². The molecule has 4 rings (SSSR count). The third-order valence-corrected chi connectivity index (χ3v) is 5.48. The molecule has 9 heteroatoms. The Kier molecular flexibility index (Phi) is 5.92. The van der Waals surface area contributed by atoms with Crippen LogP contribution in [0.1, 0.15) is 22.7 Å². The summed E-state index contributed by atoms with van der Waals surface area (Å²) in [5, 5.41) is 31.0. The zero-order valence-electron chi connectivity index (χ0n) is 17.6. The number of aliphatic hydroxyl groups is 1. The van der Waals surface area contributed by atoms with Gasteiger partial charge in [0.05, 0.1) is 23.0 Å². The molecule has 0 spiro atoms. The molecular weight excluding hydrogens is 440 g/mol. The van der Waals surface area contributed by atoms with E-state index < -0.39 is 34.4 Å². The number of nitro groups is 1. The van der Waals surface area contributed by atoms with E-state index in [1.807, 2.05) is 0 Å². The first kappa shape index (κ1) is 22.4. The van der Waals surface area contributed by atoms with Gasteiger partial charge in [0.25, 0.3) is 17.4 Å². The molecule has 1 amide bonds. The van der Waals surface area contributed by atoms with E-state index in [9.17, 15) is 29.6 Å². The van der Waals surface area contributed by atoms with Crippen molar-refractivity contribution < 1.29 is 29.5 Å². The number of hydrogen-bond donors (Lipinski definition) is 2. The van der Waals surface area contributed by atoms with E-state index in [4.69, 9.17) is 5.11 Å². The highest BCUT2D eigenvalue weighted by Gasteiger charge is 2.46. The lowest BCUT2D eigenvalue weighted by Gasteiger charge is -2.25. The predicted octanol–water partition coefficient (Wildman–Crippen LogP) is 3.85. The van der Waals surface area contributed by atoms with Crippen molar-refractivity contribution in [2.24, 2.45) is 0 Å². The average Bonchev–Trinajstić information content (AvgIpc) is 3.10. The molecule has 1 aliphatic heterocycles. The number of anilines is 1. The Morgan fingerprint density at radius 1 is 0.912 bits per heavy atom. The minimum atomic E-state index is -0.999. The zero-order valence-corrected chi connectivity index (χ0v) is 17.6. The largest absolute Gasteiger partial charge is 0.507 e. The van der Waals surface area contributed by atoms with Crippen LogP contribution in [-0.4, -0.2) is 32.8 Å². The lowest BCUT2D eigenvalue weighted by molar-refractivity contribution is -0.384. The molecule has 0 bridgehead atoms. The fraction of sp³-hybridized carbons (Fsp3) is 0.0800. The maximum Gasteiger partial charge on any atom is 0.307 e. The molecule has 1 saturated heterocycles. The predicted molar refractivity (Wildman–Crippen MR) is 122 cm³/mol. The fourth-order valence-corrected chi connectivity index (χ4v) is 3.90. The highest BCUT2D eigenvalue weighted by atomic mass is 16.6. The molecule has 3 aromatic rings. The summed E-state index contributed by atoms with van der Waals surface area (Å²) >= 11 is 0. The van der Waals surface area contributed by atoms with Gasteiger partial charge in [-0.2, -0.15) is 0 Å². The lowest BCUT2D eigenvalue weighted by Crippen LogP contribution is -2.29. The summed E-state index contributed by atoms with van der Waals surface area (Å²) < 4.78 is 0. The number of aliphatic carboxylic acids is 1. The van der Waals surface area contributed by atoms with Crippen LogP contribution in [0, 0.1) is 10.1 Å². The van der Waals surface area contributed by atoms with Gasteiger partial charge in [0.1, 0.15) is 5.76 Å². The second-order valence-electron chi connectivity index (χ2n) is 7.62. The van der Waals surface area contributed by atoms with Gasteiger partial charge in [-0.05, 0) is 35.4 Å². The fourth-order valence-electron chi connectivity index (χ4n) is 3.90. The van der Waals surface area contributed by atoms with Crippen molar-refractivity contribution in [3.63, 3.8) is 0 Å². The Hall–Kier alpha value is -4.79. The van der Waals surface area contributed by atoms with E-state index in [0.717, 1.165) is 0 Å². The molecule has 1 unspecified atom stereocenters. The van der Waals surface area contributed by atoms with Gasteiger partial charge in [-0.25, -0.2) is 0 Å². The van der Waals surface area contributed by atoms with E-state index in [1.165, 1.54) is 29.2 Å². The molecule has 0 aromatic heterocycles. The highest BCUT2D eigenvalue weighted by Crippen LogP contribution is 2.42. The number of aliphatic hydroxyl groups excluding tert-OH is 1. The Bertz CT molecular complexity index is 1310. The van der Waals surface area contributed by atoms with Crippen LogP contribution in [0.4, 0.5) is 11.4 Å². The number of amides is 1. The third kappa shape index (κ3) is 4.14. The normalized spacial score (nSPS) is 17.1. The number of carbonyl (C=O) groups excluding carboxylic acids is 2. The highest BCUT2D eigenvalue weighted by molar-refractivity contribution is 6.51. The van der Waals surface area contributed by atoms with Crippen LogP contribution >= 0.6 is 0 Å². The van der Waals surface area contributed by atoms with Crippen LogP contribution in [0.15, 0.2) is 84.4 Å². The molecule has 0 saturated carbocycles. The standard InChI is InChI=1S/C25H18N2O7/c28-20(29)14-15-6-10-18(11-7-15)26-22(16-4-2-1-3-5-16)21(24(31)25(26)32)23(30)17-8-12-19(13-9-17)27(33)34/h1-13,22,30H,14H2,(H,28,29)/b23-21-. The Balaban J connectivity index is 1.84. The number of ketones is 1. The number of nitro benzene ring substituents is 1. The molecule has 2 N–H and O–H groups in total. The minimum Gasteiger partial charge on any atom is -0.507 e. The summed E-state index contributed by atoms with van der Waals surface area (Å²) in [4.78, 5) is 48.8. The van der Waals surface area contributed by atoms with E-state index in [2.05, 4.69) is 0 Å². The monoisotopic (exact) mass is 458 g/mol. The smallest absolute Gasteiger partial charge is 0.307 e. The Labute approximate surface area is 193 Å². The van der Waals surface area contributed by atoms with Gasteiger partial charge in [0.2, 0.25) is 0 Å². The molecule has 0 radical (unpaired) electrons. The topological polar surface area (TPSA) is 138 Å². The van der Waals surface area contributed by atoms with Crippen LogP contribution in [0.3, 0.4) is 0 Å². The number of carboxylic acids is 1. The summed E-state index contributed by atoms with van der Waals surface area (Å²) in [6.07, 6.45) is -0.193. The number of rotatable bonds is 6. The van der Waals surface area contributed by atoms with Crippen molar-refractivity contribution >= 4 is 34.8 Å². The van der Waals surface area contributed by atoms with Crippen LogP contribution in [-0.2, 0) is 20.8 Å². The molecular formula is C25H18N2O7. The zero-order chi connectivity index (χ0) is 24.4. The Morgan fingerprint density at radius 2 is 1.53 bits per heavy atom. The molecule has 9 nitrogen and oxygen atoms in total. The number of hydrogen-bond acceptors (Lipinski definition) is 6. The van der Waals surface area contributed by atoms with E-state index in [1.54, 1.807) is 54.6 Å². The van der Waals surface area contributed by atoms with Crippen LogP contribution in [0.5, 0.6) is 0 Å².